The number of hydrogen-bond donors (Lipinski definition) is 2. The highest BCUT2D eigenvalue weighted by molar-refractivity contribution is 4.87. The Morgan fingerprint density at radius 3 is 2.65 bits per heavy atom. The maximum absolute atomic E-state index is 9.65. The molecule has 0 aromatic rings. The molecule has 0 amide bonds. The highest BCUT2D eigenvalue weighted by Crippen LogP contribution is 2.34. The Morgan fingerprint density at radius 1 is 1.15 bits per heavy atom. The van der Waals surface area contributed by atoms with Gasteiger partial charge in [0.1, 0.15) is 0 Å². The van der Waals surface area contributed by atoms with E-state index >= 15 is 0 Å². The zero-order valence-corrected chi connectivity index (χ0v) is 13.4. The fourth-order valence-electron chi connectivity index (χ4n) is 4.12. The van der Waals surface area contributed by atoms with E-state index in [0.717, 1.165) is 31.3 Å². The normalized spacial score (nSPS) is 37.0. The van der Waals surface area contributed by atoms with Crippen LogP contribution in [-0.4, -0.2) is 41.8 Å². The Bertz CT molecular complexity index is 282. The van der Waals surface area contributed by atoms with E-state index in [0.29, 0.717) is 24.6 Å². The molecule has 0 bridgehead atoms. The van der Waals surface area contributed by atoms with Crippen LogP contribution in [0.15, 0.2) is 0 Å². The molecule has 0 aromatic heterocycles. The van der Waals surface area contributed by atoms with Crippen molar-refractivity contribution < 1.29 is 5.11 Å². The smallest absolute Gasteiger partial charge is 0.0586 e. The van der Waals surface area contributed by atoms with E-state index in [-0.39, 0.29) is 0 Å². The van der Waals surface area contributed by atoms with Crippen molar-refractivity contribution in [1.82, 2.24) is 4.90 Å². The molecule has 4 unspecified atom stereocenters. The van der Waals surface area contributed by atoms with Crippen molar-refractivity contribution in [1.29, 1.82) is 0 Å². The number of likely N-dealkylation sites (tertiary alicyclic amines) is 1. The summed E-state index contributed by atoms with van der Waals surface area (Å²) in [5.74, 6) is 2.26. The predicted octanol–water partition coefficient (Wildman–Crippen LogP) is 2.62. The van der Waals surface area contributed by atoms with Crippen molar-refractivity contribution in [2.75, 3.05) is 19.7 Å². The van der Waals surface area contributed by atoms with Crippen LogP contribution in [0.2, 0.25) is 0 Å². The maximum Gasteiger partial charge on any atom is 0.0586 e. The highest BCUT2D eigenvalue weighted by Gasteiger charge is 2.32. The van der Waals surface area contributed by atoms with Crippen LogP contribution in [0.5, 0.6) is 0 Å². The minimum atomic E-state index is 0.315. The summed E-state index contributed by atoms with van der Waals surface area (Å²) in [6.45, 7) is 7.27. The van der Waals surface area contributed by atoms with Crippen LogP contribution < -0.4 is 5.73 Å². The van der Waals surface area contributed by atoms with Gasteiger partial charge in [-0.15, -0.1) is 0 Å². The molecule has 1 heterocycles. The van der Waals surface area contributed by atoms with Gasteiger partial charge in [0.15, 0.2) is 0 Å². The lowest BCUT2D eigenvalue weighted by molar-refractivity contribution is 0.0801. The minimum Gasteiger partial charge on any atom is -0.395 e. The van der Waals surface area contributed by atoms with Crippen LogP contribution in [0.4, 0.5) is 0 Å². The molecule has 3 nitrogen and oxygen atoms in total. The maximum atomic E-state index is 9.65. The fraction of sp³-hybridized carbons (Fsp3) is 1.00. The molecule has 3 heteroatoms. The van der Waals surface area contributed by atoms with E-state index in [1.807, 2.05) is 0 Å². The Kier molecular flexibility index (Phi) is 6.31. The number of nitrogens with zero attached hydrogens (tertiary/aromatic N) is 1. The second-order valence-corrected chi connectivity index (χ2v) is 7.42. The summed E-state index contributed by atoms with van der Waals surface area (Å²) in [6.07, 6.45) is 8.81. The topological polar surface area (TPSA) is 49.5 Å². The van der Waals surface area contributed by atoms with Gasteiger partial charge in [0.05, 0.1) is 6.61 Å². The molecule has 1 saturated heterocycles. The first-order valence-electron chi connectivity index (χ1n) is 8.72. The molecule has 2 rings (SSSR count). The number of rotatable bonds is 4. The Hall–Kier alpha value is -0.120. The summed E-state index contributed by atoms with van der Waals surface area (Å²) in [4.78, 5) is 2.54. The van der Waals surface area contributed by atoms with Gasteiger partial charge in [-0.1, -0.05) is 26.7 Å². The first-order chi connectivity index (χ1) is 9.61. The first-order valence-corrected chi connectivity index (χ1v) is 8.72. The molecule has 3 N–H and O–H groups in total. The molecule has 1 aliphatic carbocycles. The molecular formula is C17H34N2O. The van der Waals surface area contributed by atoms with Gasteiger partial charge in [0.25, 0.3) is 0 Å². The standard InChI is InChI=1S/C17H34N2O/c1-13(2)14-7-8-17(18)15(10-14)11-19-9-5-3-4-6-16(19)12-20/h13-17,20H,3-12,18H2,1-2H3. The number of aliphatic hydroxyl groups is 1. The summed E-state index contributed by atoms with van der Waals surface area (Å²) in [5.41, 5.74) is 6.40. The van der Waals surface area contributed by atoms with Gasteiger partial charge < -0.3 is 10.8 Å². The average Bonchev–Trinajstić information content (AvgIpc) is 2.66. The van der Waals surface area contributed by atoms with Gasteiger partial charge in [-0.05, 0) is 56.4 Å². The number of hydrogen-bond acceptors (Lipinski definition) is 3. The third-order valence-corrected chi connectivity index (χ3v) is 5.70. The van der Waals surface area contributed by atoms with E-state index in [1.54, 1.807) is 0 Å². The number of nitrogens with two attached hydrogens (primary N) is 1. The molecule has 0 aromatic carbocycles. The lowest BCUT2D eigenvalue weighted by Crippen LogP contribution is -2.47. The molecule has 4 atom stereocenters. The van der Waals surface area contributed by atoms with Gasteiger partial charge in [-0.2, -0.15) is 0 Å². The molecular weight excluding hydrogens is 248 g/mol. The third kappa shape index (κ3) is 4.19. The summed E-state index contributed by atoms with van der Waals surface area (Å²) < 4.78 is 0. The largest absolute Gasteiger partial charge is 0.395 e. The molecule has 0 spiro atoms. The zero-order chi connectivity index (χ0) is 14.5. The predicted molar refractivity (Wildman–Crippen MR) is 84.6 cm³/mol. The van der Waals surface area contributed by atoms with E-state index in [2.05, 4.69) is 18.7 Å². The van der Waals surface area contributed by atoms with Gasteiger partial charge in [-0.25, -0.2) is 0 Å². The van der Waals surface area contributed by atoms with Crippen molar-refractivity contribution in [3.8, 4) is 0 Å². The van der Waals surface area contributed by atoms with Crippen molar-refractivity contribution in [3.05, 3.63) is 0 Å². The lowest BCUT2D eigenvalue weighted by Gasteiger charge is -2.40. The first kappa shape index (κ1) is 16.3. The second kappa shape index (κ2) is 7.77. The highest BCUT2D eigenvalue weighted by atomic mass is 16.3. The second-order valence-electron chi connectivity index (χ2n) is 7.42. The Labute approximate surface area is 124 Å². The van der Waals surface area contributed by atoms with Crippen LogP contribution >= 0.6 is 0 Å². The number of aliphatic hydroxyl groups excluding tert-OH is 1. The SMILES string of the molecule is CC(C)C1CCC(N)C(CN2CCCCCC2CO)C1. The van der Waals surface area contributed by atoms with E-state index in [1.165, 1.54) is 38.5 Å². The van der Waals surface area contributed by atoms with Crippen molar-refractivity contribution in [2.45, 2.75) is 70.9 Å². The lowest BCUT2D eigenvalue weighted by atomic mass is 9.73. The van der Waals surface area contributed by atoms with E-state index < -0.39 is 0 Å². The molecule has 2 fully saturated rings. The van der Waals surface area contributed by atoms with E-state index in [4.69, 9.17) is 5.73 Å². The molecule has 2 aliphatic rings. The molecule has 0 radical (unpaired) electrons. The van der Waals surface area contributed by atoms with Crippen LogP contribution in [0.25, 0.3) is 0 Å². The summed E-state index contributed by atoms with van der Waals surface area (Å²) in [5, 5.41) is 9.65. The Balaban J connectivity index is 1.94. The van der Waals surface area contributed by atoms with E-state index in [9.17, 15) is 5.11 Å². The van der Waals surface area contributed by atoms with Crippen molar-refractivity contribution in [3.63, 3.8) is 0 Å². The van der Waals surface area contributed by atoms with Crippen LogP contribution in [0.1, 0.15) is 58.8 Å². The van der Waals surface area contributed by atoms with Crippen LogP contribution in [-0.2, 0) is 0 Å². The summed E-state index contributed by atoms with van der Waals surface area (Å²) in [6, 6.07) is 0.747. The fourth-order valence-corrected chi connectivity index (χ4v) is 4.12. The van der Waals surface area contributed by atoms with Crippen molar-refractivity contribution in [2.24, 2.45) is 23.5 Å². The molecule has 118 valence electrons. The van der Waals surface area contributed by atoms with Gasteiger partial charge in [0, 0.05) is 18.6 Å². The quantitative estimate of drug-likeness (QED) is 0.833. The molecule has 20 heavy (non-hydrogen) atoms. The average molecular weight is 282 g/mol. The molecule has 1 aliphatic heterocycles. The zero-order valence-electron chi connectivity index (χ0n) is 13.4. The summed E-state index contributed by atoms with van der Waals surface area (Å²) >= 11 is 0. The van der Waals surface area contributed by atoms with Crippen LogP contribution in [0.3, 0.4) is 0 Å². The third-order valence-electron chi connectivity index (χ3n) is 5.70. The van der Waals surface area contributed by atoms with Gasteiger partial charge in [-0.3, -0.25) is 4.90 Å². The van der Waals surface area contributed by atoms with Crippen molar-refractivity contribution >= 4 is 0 Å². The summed E-state index contributed by atoms with van der Waals surface area (Å²) in [7, 11) is 0. The van der Waals surface area contributed by atoms with Crippen LogP contribution in [0, 0.1) is 17.8 Å². The van der Waals surface area contributed by atoms with Gasteiger partial charge in [0.2, 0.25) is 0 Å². The molecule has 1 saturated carbocycles. The van der Waals surface area contributed by atoms with Gasteiger partial charge >= 0.3 is 0 Å². The minimum absolute atomic E-state index is 0.315. The Morgan fingerprint density at radius 2 is 1.95 bits per heavy atom. The monoisotopic (exact) mass is 282 g/mol.